The number of nitrogens with one attached hydrogen (secondary N) is 1. The quantitative estimate of drug-likeness (QED) is 0.249. The van der Waals surface area contributed by atoms with Crippen molar-refractivity contribution in [2.45, 2.75) is 0 Å². The molecular weight excluding hydrogens is 495 g/mol. The molecule has 176 valence electrons. The summed E-state index contributed by atoms with van der Waals surface area (Å²) < 4.78 is 15.7. The van der Waals surface area contributed by atoms with Gasteiger partial charge in [0.15, 0.2) is 12.4 Å². The van der Waals surface area contributed by atoms with Crippen LogP contribution in [0.5, 0.6) is 11.5 Å². The number of ether oxygens (including phenoxy) is 2. The molecule has 0 spiro atoms. The second-order valence-electron chi connectivity index (χ2n) is 6.42. The molecule has 0 atom stereocenters. The molecular formula is C20H14Cl2N4O8. The smallest absolute Gasteiger partial charge is 0.321 e. The van der Waals surface area contributed by atoms with Crippen LogP contribution in [-0.4, -0.2) is 35.7 Å². The third kappa shape index (κ3) is 5.79. The number of carbonyl (C=O) groups is 1. The van der Waals surface area contributed by atoms with Crippen LogP contribution in [0.3, 0.4) is 0 Å². The van der Waals surface area contributed by atoms with Crippen LogP contribution in [0.25, 0.3) is 11.3 Å². The molecule has 1 heterocycles. The molecule has 0 aliphatic rings. The van der Waals surface area contributed by atoms with Gasteiger partial charge in [-0.1, -0.05) is 23.2 Å². The van der Waals surface area contributed by atoms with Gasteiger partial charge < -0.3 is 13.9 Å². The van der Waals surface area contributed by atoms with E-state index in [4.69, 9.17) is 37.1 Å². The fourth-order valence-corrected chi connectivity index (χ4v) is 3.21. The van der Waals surface area contributed by atoms with E-state index in [9.17, 15) is 25.0 Å². The number of amides is 1. The Morgan fingerprint density at radius 1 is 1.15 bits per heavy atom. The van der Waals surface area contributed by atoms with Gasteiger partial charge in [0.05, 0.1) is 40.3 Å². The van der Waals surface area contributed by atoms with E-state index in [1.807, 2.05) is 0 Å². The van der Waals surface area contributed by atoms with Crippen molar-refractivity contribution in [2.24, 2.45) is 5.10 Å². The van der Waals surface area contributed by atoms with Gasteiger partial charge in [-0.25, -0.2) is 5.43 Å². The average Bonchev–Trinajstić information content (AvgIpc) is 3.25. The molecule has 0 saturated heterocycles. The van der Waals surface area contributed by atoms with Crippen molar-refractivity contribution in [1.29, 1.82) is 0 Å². The summed E-state index contributed by atoms with van der Waals surface area (Å²) in [7, 11) is 1.15. The highest BCUT2D eigenvalue weighted by Gasteiger charge is 2.27. The lowest BCUT2D eigenvalue weighted by Crippen LogP contribution is -2.25. The maximum absolute atomic E-state index is 12.0. The van der Waals surface area contributed by atoms with Crippen molar-refractivity contribution in [3.63, 3.8) is 0 Å². The molecule has 1 N–H and O–H groups in total. The number of halogens is 2. The number of carbonyl (C=O) groups excluding carboxylic acids is 1. The van der Waals surface area contributed by atoms with Crippen LogP contribution in [-0.2, 0) is 4.79 Å². The van der Waals surface area contributed by atoms with Gasteiger partial charge in [0, 0.05) is 10.6 Å². The molecule has 1 amide bonds. The molecule has 12 nitrogen and oxygen atoms in total. The van der Waals surface area contributed by atoms with Crippen molar-refractivity contribution in [3.8, 4) is 22.8 Å². The van der Waals surface area contributed by atoms with Crippen LogP contribution in [0.15, 0.2) is 52.0 Å². The fourth-order valence-electron chi connectivity index (χ4n) is 2.71. The van der Waals surface area contributed by atoms with Crippen LogP contribution < -0.4 is 14.9 Å². The normalized spacial score (nSPS) is 10.8. The molecule has 0 unspecified atom stereocenters. The van der Waals surface area contributed by atoms with Gasteiger partial charge in [0.25, 0.3) is 11.6 Å². The van der Waals surface area contributed by atoms with Gasteiger partial charge >= 0.3 is 5.69 Å². The van der Waals surface area contributed by atoms with Crippen LogP contribution in [0.2, 0.25) is 10.0 Å². The molecule has 1 aromatic heterocycles. The molecule has 34 heavy (non-hydrogen) atoms. The Balaban J connectivity index is 1.65. The zero-order valence-electron chi connectivity index (χ0n) is 17.2. The second-order valence-corrected chi connectivity index (χ2v) is 7.26. The van der Waals surface area contributed by atoms with Gasteiger partial charge in [-0.15, -0.1) is 0 Å². The third-order valence-electron chi connectivity index (χ3n) is 4.20. The molecule has 0 aliphatic carbocycles. The summed E-state index contributed by atoms with van der Waals surface area (Å²) in [5.74, 6) is -0.724. The number of nitrogens with zero attached hydrogens (tertiary/aromatic N) is 3. The number of nitro groups is 2. The Hall–Kier alpha value is -4.16. The van der Waals surface area contributed by atoms with Crippen molar-refractivity contribution >= 4 is 46.7 Å². The van der Waals surface area contributed by atoms with Gasteiger partial charge in [-0.2, -0.15) is 5.10 Å². The van der Waals surface area contributed by atoms with E-state index >= 15 is 0 Å². The van der Waals surface area contributed by atoms with Crippen molar-refractivity contribution < 1.29 is 28.5 Å². The molecule has 3 rings (SSSR count). The van der Waals surface area contributed by atoms with E-state index in [-0.39, 0.29) is 5.75 Å². The minimum Gasteiger partial charge on any atom is -0.492 e. The zero-order chi connectivity index (χ0) is 24.8. The number of hydrogen-bond donors (Lipinski definition) is 1. The number of furan rings is 1. The van der Waals surface area contributed by atoms with E-state index in [2.05, 4.69) is 10.5 Å². The topological polar surface area (TPSA) is 159 Å². The number of nitro benzene ring substituents is 2. The monoisotopic (exact) mass is 508 g/mol. The summed E-state index contributed by atoms with van der Waals surface area (Å²) in [6, 6.07) is 9.81. The van der Waals surface area contributed by atoms with Gasteiger partial charge in [-0.3, -0.25) is 25.0 Å². The van der Waals surface area contributed by atoms with Crippen molar-refractivity contribution in [1.82, 2.24) is 5.43 Å². The van der Waals surface area contributed by atoms with Gasteiger partial charge in [0.2, 0.25) is 5.75 Å². The molecule has 3 aromatic rings. The van der Waals surface area contributed by atoms with E-state index in [0.29, 0.717) is 33.2 Å². The first kappa shape index (κ1) is 24.5. The first-order valence-corrected chi connectivity index (χ1v) is 9.96. The third-order valence-corrected chi connectivity index (χ3v) is 4.75. The SMILES string of the molecule is COc1cc([N+](=O)[O-])cc([N+](=O)[O-])c1OCC(=O)N/N=C/c1ccc(-c2ccc(Cl)cc2Cl)o1. The van der Waals surface area contributed by atoms with Crippen LogP contribution in [0.1, 0.15) is 5.76 Å². The highest BCUT2D eigenvalue weighted by Crippen LogP contribution is 2.40. The number of non-ortho nitro benzene ring substituents is 1. The Morgan fingerprint density at radius 3 is 2.56 bits per heavy atom. The molecule has 0 bridgehead atoms. The van der Waals surface area contributed by atoms with Crippen molar-refractivity contribution in [3.05, 3.63) is 78.5 Å². The van der Waals surface area contributed by atoms with Crippen LogP contribution >= 0.6 is 23.2 Å². The lowest BCUT2D eigenvalue weighted by Gasteiger charge is -2.10. The van der Waals surface area contributed by atoms with E-state index in [0.717, 1.165) is 13.2 Å². The standard InChI is InChI=1S/C20H14Cl2N4O8/c1-32-18-8-12(25(28)29)7-16(26(30)31)20(18)33-10-19(27)24-23-9-13-3-5-17(34-13)14-4-2-11(21)6-15(14)22/h2-9H,10H2,1H3,(H,24,27)/b23-9+. The first-order valence-electron chi connectivity index (χ1n) is 9.20. The number of benzene rings is 2. The second kappa shape index (κ2) is 10.6. The molecule has 0 aliphatic heterocycles. The minimum absolute atomic E-state index is 0.277. The molecule has 0 radical (unpaired) electrons. The molecule has 0 saturated carbocycles. The summed E-state index contributed by atoms with van der Waals surface area (Å²) in [4.78, 5) is 32.6. The lowest BCUT2D eigenvalue weighted by molar-refractivity contribution is -0.394. The zero-order valence-corrected chi connectivity index (χ0v) is 18.7. The van der Waals surface area contributed by atoms with E-state index < -0.39 is 39.5 Å². The summed E-state index contributed by atoms with van der Waals surface area (Å²) in [5, 5.41) is 26.8. The number of methoxy groups -OCH3 is 1. The average molecular weight is 509 g/mol. The summed E-state index contributed by atoms with van der Waals surface area (Å²) in [6.07, 6.45) is 1.22. The molecule has 2 aromatic carbocycles. The molecule has 14 heteroatoms. The highest BCUT2D eigenvalue weighted by molar-refractivity contribution is 6.36. The van der Waals surface area contributed by atoms with Crippen LogP contribution in [0, 0.1) is 20.2 Å². The lowest BCUT2D eigenvalue weighted by atomic mass is 10.2. The van der Waals surface area contributed by atoms with Crippen molar-refractivity contribution in [2.75, 3.05) is 13.7 Å². The van der Waals surface area contributed by atoms with Gasteiger partial charge in [-0.05, 0) is 30.3 Å². The maximum atomic E-state index is 12.0. The first-order chi connectivity index (χ1) is 16.2. The van der Waals surface area contributed by atoms with E-state index in [1.54, 1.807) is 30.3 Å². The Kier molecular flexibility index (Phi) is 7.66. The molecule has 0 fully saturated rings. The Morgan fingerprint density at radius 2 is 1.91 bits per heavy atom. The highest BCUT2D eigenvalue weighted by atomic mass is 35.5. The predicted octanol–water partition coefficient (Wildman–Crippen LogP) is 4.61. The summed E-state index contributed by atoms with van der Waals surface area (Å²) in [6.45, 7) is -0.684. The minimum atomic E-state index is -0.887. The maximum Gasteiger partial charge on any atom is 0.321 e. The number of rotatable bonds is 9. The van der Waals surface area contributed by atoms with Crippen LogP contribution in [0.4, 0.5) is 11.4 Å². The van der Waals surface area contributed by atoms with E-state index in [1.165, 1.54) is 6.21 Å². The number of hydrazone groups is 1. The fraction of sp³-hybridized carbons (Fsp3) is 0.100. The largest absolute Gasteiger partial charge is 0.492 e. The summed E-state index contributed by atoms with van der Waals surface area (Å²) in [5.41, 5.74) is 1.48. The van der Waals surface area contributed by atoms with Gasteiger partial charge in [0.1, 0.15) is 11.5 Å². The Labute approximate surface area is 201 Å². The predicted molar refractivity (Wildman–Crippen MR) is 122 cm³/mol. The Bertz CT molecular complexity index is 1290. The number of hydrogen-bond acceptors (Lipinski definition) is 9. The summed E-state index contributed by atoms with van der Waals surface area (Å²) >= 11 is 12.0.